The lowest BCUT2D eigenvalue weighted by Crippen LogP contribution is -2.42. The maximum Gasteiger partial charge on any atom is 0.393 e. The van der Waals surface area contributed by atoms with E-state index in [1.807, 2.05) is 0 Å². The zero-order valence-electron chi connectivity index (χ0n) is 12.8. The van der Waals surface area contributed by atoms with Crippen LogP contribution in [0.1, 0.15) is 24.0 Å². The number of hydrogen-bond donors (Lipinski definition) is 2. The number of nitrogen functional groups attached to an aromatic ring is 1. The number of alkyl halides is 3. The topological polar surface area (TPSA) is 53.7 Å². The summed E-state index contributed by atoms with van der Waals surface area (Å²) in [5, 5.41) is 3.28. The van der Waals surface area contributed by atoms with Crippen molar-refractivity contribution in [1.82, 2.24) is 9.74 Å². The van der Waals surface area contributed by atoms with Crippen molar-refractivity contribution in [2.45, 2.75) is 31.5 Å². The number of nitrogens with two attached hydrogens (primary N) is 1. The van der Waals surface area contributed by atoms with Crippen LogP contribution in [-0.4, -0.2) is 42.6 Å². The van der Waals surface area contributed by atoms with Gasteiger partial charge in [-0.15, -0.1) is 0 Å². The van der Waals surface area contributed by atoms with Crippen molar-refractivity contribution in [3.63, 3.8) is 0 Å². The van der Waals surface area contributed by atoms with E-state index in [0.29, 0.717) is 17.1 Å². The van der Waals surface area contributed by atoms with E-state index in [4.69, 9.17) is 17.5 Å². The summed E-state index contributed by atoms with van der Waals surface area (Å²) in [6.45, 7) is 1.50. The number of benzene rings is 1. The van der Waals surface area contributed by atoms with Gasteiger partial charge in [0.25, 0.3) is 0 Å². The van der Waals surface area contributed by atoms with Crippen LogP contribution < -0.4 is 11.1 Å². The smallest absolute Gasteiger partial charge is 0.393 e. The fourth-order valence-corrected chi connectivity index (χ4v) is 2.79. The summed E-state index contributed by atoms with van der Waals surface area (Å²) in [5.41, 5.74) is 7.00. The normalized spacial score (nSPS) is 18.2. The molecule has 1 aromatic rings. The molecule has 0 aliphatic carbocycles. The van der Waals surface area contributed by atoms with Gasteiger partial charge in [0.2, 0.25) is 0 Å². The number of nitrogens with zero attached hydrogens (tertiary/aromatic N) is 2. The number of nitrogens with one attached hydrogen (secondary N) is 1. The summed E-state index contributed by atoms with van der Waals surface area (Å²) in [4.78, 5) is 4.17. The second-order valence-electron chi connectivity index (χ2n) is 5.61. The van der Waals surface area contributed by atoms with Crippen molar-refractivity contribution in [2.24, 2.45) is 4.99 Å². The summed E-state index contributed by atoms with van der Waals surface area (Å²) in [6, 6.07) is 4.51. The zero-order valence-corrected chi connectivity index (χ0v) is 13.6. The van der Waals surface area contributed by atoms with Gasteiger partial charge in [-0.25, -0.2) is 4.42 Å². The minimum absolute atomic E-state index is 0.167. The van der Waals surface area contributed by atoms with Crippen molar-refractivity contribution in [2.75, 3.05) is 25.9 Å². The van der Waals surface area contributed by atoms with Crippen LogP contribution in [0.4, 0.5) is 18.9 Å². The van der Waals surface area contributed by atoms with Crippen molar-refractivity contribution in [1.29, 1.82) is 0 Å². The lowest BCUT2D eigenvalue weighted by molar-refractivity contribution is -0.127. The lowest BCUT2D eigenvalue weighted by Gasteiger charge is -2.29. The van der Waals surface area contributed by atoms with Crippen LogP contribution in [0.2, 0.25) is 0 Å². The molecule has 3 N–H and O–H groups in total. The van der Waals surface area contributed by atoms with E-state index in [2.05, 4.69) is 10.3 Å². The van der Waals surface area contributed by atoms with Crippen molar-refractivity contribution < 1.29 is 13.2 Å². The largest absolute Gasteiger partial charge is 0.398 e. The average Bonchev–Trinajstić information content (AvgIpc) is 2.47. The van der Waals surface area contributed by atoms with Crippen molar-refractivity contribution in [3.05, 3.63) is 29.3 Å². The Kier molecular flexibility index (Phi) is 5.75. The van der Waals surface area contributed by atoms with E-state index in [1.165, 1.54) is 18.2 Å². The van der Waals surface area contributed by atoms with Crippen molar-refractivity contribution in [3.8, 4) is 0 Å². The van der Waals surface area contributed by atoms with Gasteiger partial charge in [-0.3, -0.25) is 4.99 Å². The lowest BCUT2D eigenvalue weighted by atomic mass is 10.0. The molecule has 0 unspecified atom stereocenters. The van der Waals surface area contributed by atoms with Gasteiger partial charge in [0.15, 0.2) is 0 Å². The molecule has 0 radical (unpaired) electrons. The number of piperidine rings is 1. The maximum absolute atomic E-state index is 12.6. The predicted octanol–water partition coefficient (Wildman–Crippen LogP) is 2.96. The van der Waals surface area contributed by atoms with Gasteiger partial charge in [-0.2, -0.15) is 13.2 Å². The Balaban J connectivity index is 2.15. The summed E-state index contributed by atoms with van der Waals surface area (Å²) < 4.78 is 39.4. The van der Waals surface area contributed by atoms with Gasteiger partial charge in [0.1, 0.15) is 5.84 Å². The second kappa shape index (κ2) is 7.40. The van der Waals surface area contributed by atoms with E-state index in [9.17, 15) is 13.2 Å². The van der Waals surface area contributed by atoms with Crippen molar-refractivity contribution >= 4 is 23.3 Å². The molecule has 1 heterocycles. The molecule has 1 saturated heterocycles. The molecule has 1 aromatic carbocycles. The number of rotatable bonds is 3. The van der Waals surface area contributed by atoms with E-state index in [0.717, 1.165) is 25.9 Å². The van der Waals surface area contributed by atoms with E-state index < -0.39 is 12.6 Å². The average molecular weight is 349 g/mol. The number of amidine groups is 1. The molecule has 1 aliphatic rings. The Hall–Kier alpha value is -1.47. The first-order valence-corrected chi connectivity index (χ1v) is 7.72. The minimum atomic E-state index is -4.25. The summed E-state index contributed by atoms with van der Waals surface area (Å²) in [5.74, 6) is 0.513. The molecular formula is C15H20ClF3N4. The molecule has 0 spiro atoms. The Morgan fingerprint density at radius 3 is 2.61 bits per heavy atom. The van der Waals surface area contributed by atoms with Gasteiger partial charge in [-0.05, 0) is 42.3 Å². The minimum Gasteiger partial charge on any atom is -0.398 e. The highest BCUT2D eigenvalue weighted by Gasteiger charge is 2.28. The highest BCUT2D eigenvalue weighted by Crippen LogP contribution is 2.24. The Labute approximate surface area is 138 Å². The summed E-state index contributed by atoms with van der Waals surface area (Å²) >= 11 is 5.93. The molecular weight excluding hydrogens is 329 g/mol. The van der Waals surface area contributed by atoms with Crippen LogP contribution in [-0.2, 0) is 6.42 Å². The number of anilines is 1. The standard InChI is InChI=1S/C15H20ClF3N4/c1-21-14(22-11-4-6-23(16)7-5-11)12-8-10(2-3-13(12)20)9-15(17,18)19/h2-3,8,11H,4-7,9,20H2,1H3,(H,21,22). The van der Waals surface area contributed by atoms with E-state index in [-0.39, 0.29) is 11.6 Å². The molecule has 2 rings (SSSR count). The Bertz CT molecular complexity index is 566. The summed E-state index contributed by atoms with van der Waals surface area (Å²) in [6.07, 6.45) is -3.56. The van der Waals surface area contributed by atoms with Crippen LogP contribution in [0.15, 0.2) is 23.2 Å². The Morgan fingerprint density at radius 2 is 2.04 bits per heavy atom. The number of aliphatic imine (C=N–C) groups is 1. The van der Waals surface area contributed by atoms with Crippen LogP contribution in [0.25, 0.3) is 0 Å². The number of halogens is 4. The van der Waals surface area contributed by atoms with Crippen LogP contribution in [0.3, 0.4) is 0 Å². The third kappa shape index (κ3) is 5.28. The first-order chi connectivity index (χ1) is 10.8. The van der Waals surface area contributed by atoms with Gasteiger partial charge < -0.3 is 11.1 Å². The fourth-order valence-electron chi connectivity index (χ4n) is 2.60. The van der Waals surface area contributed by atoms with Gasteiger partial charge in [0.05, 0.1) is 6.42 Å². The van der Waals surface area contributed by atoms with Gasteiger partial charge in [0, 0.05) is 37.4 Å². The third-order valence-electron chi connectivity index (χ3n) is 3.78. The second-order valence-corrected chi connectivity index (χ2v) is 6.09. The number of hydrogen-bond acceptors (Lipinski definition) is 3. The molecule has 0 atom stereocenters. The molecule has 0 bridgehead atoms. The highest BCUT2D eigenvalue weighted by atomic mass is 35.5. The third-order valence-corrected chi connectivity index (χ3v) is 4.12. The molecule has 1 fully saturated rings. The van der Waals surface area contributed by atoms with E-state index >= 15 is 0 Å². The molecule has 4 nitrogen and oxygen atoms in total. The monoisotopic (exact) mass is 348 g/mol. The molecule has 1 aliphatic heterocycles. The SMILES string of the molecule is C/N=C(/NC1CCN(Cl)CC1)c1cc(CC(F)(F)F)ccc1N. The molecule has 8 heteroatoms. The van der Waals surface area contributed by atoms with Crippen LogP contribution in [0, 0.1) is 0 Å². The molecule has 128 valence electrons. The Morgan fingerprint density at radius 1 is 1.39 bits per heavy atom. The molecule has 0 aromatic heterocycles. The van der Waals surface area contributed by atoms with Gasteiger partial charge >= 0.3 is 6.18 Å². The first-order valence-electron chi connectivity index (χ1n) is 7.38. The fraction of sp³-hybridized carbons (Fsp3) is 0.533. The highest BCUT2D eigenvalue weighted by molar-refractivity contribution is 6.13. The van der Waals surface area contributed by atoms with Crippen LogP contribution >= 0.6 is 11.8 Å². The van der Waals surface area contributed by atoms with Crippen LogP contribution in [0.5, 0.6) is 0 Å². The molecule has 23 heavy (non-hydrogen) atoms. The summed E-state index contributed by atoms with van der Waals surface area (Å²) in [7, 11) is 1.59. The molecule has 0 saturated carbocycles. The quantitative estimate of drug-likeness (QED) is 0.382. The van der Waals surface area contributed by atoms with Gasteiger partial charge in [-0.1, -0.05) is 6.07 Å². The molecule has 0 amide bonds. The maximum atomic E-state index is 12.6. The van der Waals surface area contributed by atoms with E-state index in [1.54, 1.807) is 11.5 Å². The zero-order chi connectivity index (χ0) is 17.0. The first kappa shape index (κ1) is 17.9. The predicted molar refractivity (Wildman–Crippen MR) is 86.7 cm³/mol.